The Morgan fingerprint density at radius 1 is 1.19 bits per heavy atom. The maximum Gasteiger partial charge on any atom is 0.340 e. The van der Waals surface area contributed by atoms with Crippen LogP contribution in [0, 0.1) is 0 Å². The minimum absolute atomic E-state index is 0.0863. The number of anilines is 1. The summed E-state index contributed by atoms with van der Waals surface area (Å²) in [6, 6.07) is 12.3. The van der Waals surface area contributed by atoms with E-state index in [1.807, 2.05) is 29.6 Å². The van der Waals surface area contributed by atoms with E-state index < -0.39 is 18.5 Å². The lowest BCUT2D eigenvalue weighted by molar-refractivity contribution is -0.119. The van der Waals surface area contributed by atoms with Crippen LogP contribution in [0.4, 0.5) is 5.13 Å². The number of ether oxygens (including phenoxy) is 1. The van der Waals surface area contributed by atoms with Crippen LogP contribution in [0.25, 0.3) is 11.3 Å². The third-order valence-corrected chi connectivity index (χ3v) is 5.45. The van der Waals surface area contributed by atoms with Gasteiger partial charge in [0.15, 0.2) is 11.7 Å². The van der Waals surface area contributed by atoms with Gasteiger partial charge < -0.3 is 4.74 Å². The van der Waals surface area contributed by atoms with Crippen LogP contribution in [0.3, 0.4) is 0 Å². The number of hydrogen-bond acceptors (Lipinski definition) is 5. The van der Waals surface area contributed by atoms with Crippen molar-refractivity contribution < 1.29 is 14.3 Å². The van der Waals surface area contributed by atoms with Gasteiger partial charge in [-0.25, -0.2) is 9.78 Å². The maximum atomic E-state index is 12.0. The molecule has 3 aromatic rings. The Labute approximate surface area is 177 Å². The third-order valence-electron chi connectivity index (χ3n) is 3.38. The van der Waals surface area contributed by atoms with Crippen molar-refractivity contribution in [3.05, 3.63) is 67.9 Å². The molecular formula is C18H11BrCl2N2O3S. The van der Waals surface area contributed by atoms with Gasteiger partial charge in [-0.05, 0) is 24.3 Å². The number of benzene rings is 2. The zero-order valence-corrected chi connectivity index (χ0v) is 17.5. The summed E-state index contributed by atoms with van der Waals surface area (Å²) in [6.45, 7) is -0.465. The predicted molar refractivity (Wildman–Crippen MR) is 111 cm³/mol. The van der Waals surface area contributed by atoms with Crippen molar-refractivity contribution in [3.63, 3.8) is 0 Å². The first-order valence-electron chi connectivity index (χ1n) is 7.56. The molecule has 0 atom stereocenters. The van der Waals surface area contributed by atoms with E-state index in [9.17, 15) is 9.59 Å². The molecule has 0 aliphatic heterocycles. The molecule has 3 rings (SSSR count). The number of thiazole rings is 1. The summed E-state index contributed by atoms with van der Waals surface area (Å²) < 4.78 is 5.92. The molecule has 0 unspecified atom stereocenters. The SMILES string of the molecule is O=C(COC(=O)c1cccc(Cl)c1Cl)Nc1nc(-c2cccc(Br)c2)cs1. The highest BCUT2D eigenvalue weighted by Gasteiger charge is 2.16. The van der Waals surface area contributed by atoms with Crippen LogP contribution in [0.1, 0.15) is 10.4 Å². The summed E-state index contributed by atoms with van der Waals surface area (Å²) in [5.74, 6) is -1.23. The Kier molecular flexibility index (Phi) is 6.49. The molecule has 2 aromatic carbocycles. The van der Waals surface area contributed by atoms with Crippen molar-refractivity contribution in [1.29, 1.82) is 0 Å². The zero-order valence-electron chi connectivity index (χ0n) is 13.5. The van der Waals surface area contributed by atoms with Crippen LogP contribution < -0.4 is 5.32 Å². The molecular weight excluding hydrogens is 475 g/mol. The van der Waals surface area contributed by atoms with Gasteiger partial charge in [0.05, 0.1) is 21.3 Å². The molecule has 5 nitrogen and oxygen atoms in total. The van der Waals surface area contributed by atoms with E-state index in [0.717, 1.165) is 15.7 Å². The smallest absolute Gasteiger partial charge is 0.340 e. The standard InChI is InChI=1S/C18H11BrCl2N2O3S/c19-11-4-1-3-10(7-11)14-9-27-18(22-14)23-15(24)8-26-17(25)12-5-2-6-13(20)16(12)21/h1-7,9H,8H2,(H,22,23,24). The minimum atomic E-state index is -0.730. The first-order valence-corrected chi connectivity index (χ1v) is 9.99. The molecule has 0 radical (unpaired) electrons. The molecule has 1 amide bonds. The van der Waals surface area contributed by atoms with Gasteiger partial charge in [-0.2, -0.15) is 0 Å². The number of hydrogen-bond donors (Lipinski definition) is 1. The molecule has 1 heterocycles. The number of nitrogens with one attached hydrogen (secondary N) is 1. The van der Waals surface area contributed by atoms with Crippen molar-refractivity contribution >= 4 is 67.5 Å². The van der Waals surface area contributed by atoms with Gasteiger partial charge in [-0.15, -0.1) is 11.3 Å². The van der Waals surface area contributed by atoms with Crippen LogP contribution in [0.15, 0.2) is 52.3 Å². The first kappa shape index (κ1) is 19.8. The Balaban J connectivity index is 1.58. The average Bonchev–Trinajstić information content (AvgIpc) is 3.10. The van der Waals surface area contributed by atoms with E-state index in [-0.39, 0.29) is 15.6 Å². The Hall–Kier alpha value is -1.93. The van der Waals surface area contributed by atoms with Gasteiger partial charge in [-0.3, -0.25) is 10.1 Å². The van der Waals surface area contributed by atoms with Crippen molar-refractivity contribution in [2.45, 2.75) is 0 Å². The summed E-state index contributed by atoms with van der Waals surface area (Å²) in [6.07, 6.45) is 0. The Morgan fingerprint density at radius 2 is 1.96 bits per heavy atom. The van der Waals surface area contributed by atoms with Gasteiger partial charge in [0.2, 0.25) is 0 Å². The largest absolute Gasteiger partial charge is 0.452 e. The topological polar surface area (TPSA) is 68.3 Å². The number of esters is 1. The van der Waals surface area contributed by atoms with Gasteiger partial charge in [-0.1, -0.05) is 57.3 Å². The molecule has 27 heavy (non-hydrogen) atoms. The van der Waals surface area contributed by atoms with Gasteiger partial charge in [0.25, 0.3) is 5.91 Å². The second kappa shape index (κ2) is 8.84. The second-order valence-electron chi connectivity index (χ2n) is 5.27. The van der Waals surface area contributed by atoms with E-state index in [4.69, 9.17) is 27.9 Å². The van der Waals surface area contributed by atoms with Gasteiger partial charge >= 0.3 is 5.97 Å². The third kappa shape index (κ3) is 5.07. The van der Waals surface area contributed by atoms with E-state index in [2.05, 4.69) is 26.2 Å². The monoisotopic (exact) mass is 484 g/mol. The molecule has 0 fully saturated rings. The fourth-order valence-electron chi connectivity index (χ4n) is 2.14. The zero-order chi connectivity index (χ0) is 19.4. The van der Waals surface area contributed by atoms with Crippen molar-refractivity contribution in [1.82, 2.24) is 4.98 Å². The minimum Gasteiger partial charge on any atom is -0.452 e. The number of nitrogens with zero attached hydrogens (tertiary/aromatic N) is 1. The lowest BCUT2D eigenvalue weighted by atomic mass is 10.2. The Bertz CT molecular complexity index is 1010. The lowest BCUT2D eigenvalue weighted by Crippen LogP contribution is -2.21. The number of amides is 1. The van der Waals surface area contributed by atoms with Gasteiger partial charge in [0, 0.05) is 15.4 Å². The molecule has 0 saturated heterocycles. The molecule has 0 aliphatic carbocycles. The van der Waals surface area contributed by atoms with Crippen molar-refractivity contribution in [2.75, 3.05) is 11.9 Å². The molecule has 9 heteroatoms. The van der Waals surface area contributed by atoms with Gasteiger partial charge in [0.1, 0.15) is 0 Å². The van der Waals surface area contributed by atoms with Crippen LogP contribution in [0.2, 0.25) is 10.0 Å². The predicted octanol–water partition coefficient (Wildman–Crippen LogP) is 5.67. The highest BCUT2D eigenvalue weighted by atomic mass is 79.9. The maximum absolute atomic E-state index is 12.0. The van der Waals surface area contributed by atoms with E-state index in [1.54, 1.807) is 12.1 Å². The molecule has 0 aliphatic rings. The first-order chi connectivity index (χ1) is 12.9. The highest BCUT2D eigenvalue weighted by Crippen LogP contribution is 2.27. The van der Waals surface area contributed by atoms with E-state index in [0.29, 0.717) is 5.13 Å². The number of aromatic nitrogens is 1. The van der Waals surface area contributed by atoms with Crippen molar-refractivity contribution in [3.8, 4) is 11.3 Å². The fraction of sp³-hybridized carbons (Fsp3) is 0.0556. The van der Waals surface area contributed by atoms with Crippen LogP contribution >= 0.6 is 50.5 Å². The summed E-state index contributed by atoms with van der Waals surface area (Å²) in [7, 11) is 0. The quantitative estimate of drug-likeness (QED) is 0.472. The van der Waals surface area contributed by atoms with E-state index >= 15 is 0 Å². The molecule has 0 bridgehead atoms. The molecule has 1 aromatic heterocycles. The van der Waals surface area contributed by atoms with E-state index in [1.165, 1.54) is 17.4 Å². The number of rotatable bonds is 5. The number of carbonyl (C=O) groups excluding carboxylic acids is 2. The fourth-order valence-corrected chi connectivity index (χ4v) is 3.65. The molecule has 138 valence electrons. The molecule has 0 spiro atoms. The summed E-state index contributed by atoms with van der Waals surface area (Å²) in [4.78, 5) is 28.4. The summed E-state index contributed by atoms with van der Waals surface area (Å²) in [5, 5.41) is 5.16. The molecule has 1 N–H and O–H groups in total. The average molecular weight is 486 g/mol. The number of halogens is 3. The van der Waals surface area contributed by atoms with Crippen LogP contribution in [-0.4, -0.2) is 23.5 Å². The van der Waals surface area contributed by atoms with Crippen LogP contribution in [-0.2, 0) is 9.53 Å². The summed E-state index contributed by atoms with van der Waals surface area (Å²) in [5.41, 5.74) is 1.76. The number of carbonyl (C=O) groups is 2. The van der Waals surface area contributed by atoms with Crippen molar-refractivity contribution in [2.24, 2.45) is 0 Å². The summed E-state index contributed by atoms with van der Waals surface area (Å²) >= 11 is 16.5. The second-order valence-corrected chi connectivity index (χ2v) is 7.83. The highest BCUT2D eigenvalue weighted by molar-refractivity contribution is 9.10. The normalized spacial score (nSPS) is 10.5. The lowest BCUT2D eigenvalue weighted by Gasteiger charge is -2.06. The van der Waals surface area contributed by atoms with Crippen LogP contribution in [0.5, 0.6) is 0 Å². The molecule has 0 saturated carbocycles. The Morgan fingerprint density at radius 3 is 2.74 bits per heavy atom.